The van der Waals surface area contributed by atoms with Crippen molar-refractivity contribution in [1.29, 1.82) is 0 Å². The molecule has 1 atom stereocenters. The molecule has 1 aliphatic rings. The van der Waals surface area contributed by atoms with E-state index >= 15 is 0 Å². The molecule has 0 radical (unpaired) electrons. The summed E-state index contributed by atoms with van der Waals surface area (Å²) in [5.41, 5.74) is -0.748. The number of ether oxygens (including phenoxy) is 2. The van der Waals surface area contributed by atoms with Crippen LogP contribution in [0.25, 0.3) is 0 Å². The van der Waals surface area contributed by atoms with Crippen molar-refractivity contribution in [2.75, 3.05) is 7.11 Å². The molecule has 0 unspecified atom stereocenters. The fourth-order valence-corrected chi connectivity index (χ4v) is 2.77. The number of phenols is 7. The number of phenolic OH excluding ortho intramolecular Hbond substituents is 7. The van der Waals surface area contributed by atoms with Gasteiger partial charge in [-0.2, -0.15) is 0 Å². The molecule has 1 heterocycles. The minimum Gasteiger partial charge on any atom is -0.504 e. The summed E-state index contributed by atoms with van der Waals surface area (Å²) in [5, 5.41) is 68.7. The Balaban J connectivity index is 2.15. The Kier molecular flexibility index (Phi) is 3.75. The summed E-state index contributed by atoms with van der Waals surface area (Å²) in [7, 11) is 1.15. The number of carbonyl (C=O) groups is 1. The van der Waals surface area contributed by atoms with Gasteiger partial charge in [-0.3, -0.25) is 4.79 Å². The topological polar surface area (TPSA) is 177 Å². The maximum atomic E-state index is 12.3. The number of ketones is 1. The number of fused-ring (bicyclic) bond motifs is 1. The summed E-state index contributed by atoms with van der Waals surface area (Å²) in [6.07, 6.45) is -1.75. The van der Waals surface area contributed by atoms with Crippen LogP contribution in [-0.4, -0.2) is 48.6 Å². The van der Waals surface area contributed by atoms with Crippen molar-refractivity contribution in [3.05, 3.63) is 17.2 Å². The van der Waals surface area contributed by atoms with Gasteiger partial charge in [-0.1, -0.05) is 0 Å². The van der Waals surface area contributed by atoms with E-state index in [1.807, 2.05) is 0 Å². The van der Waals surface area contributed by atoms with Gasteiger partial charge < -0.3 is 45.2 Å². The summed E-state index contributed by atoms with van der Waals surface area (Å²) in [4.78, 5) is 12.3. The van der Waals surface area contributed by atoms with E-state index in [-0.39, 0.29) is 5.56 Å². The maximum absolute atomic E-state index is 12.3. The molecule has 26 heavy (non-hydrogen) atoms. The van der Waals surface area contributed by atoms with Crippen LogP contribution in [-0.2, 0) is 0 Å². The van der Waals surface area contributed by atoms with Gasteiger partial charge in [0.15, 0.2) is 28.8 Å². The molecule has 0 bridgehead atoms. The Morgan fingerprint density at radius 3 is 2.15 bits per heavy atom. The number of carbonyl (C=O) groups excluding carboxylic acids is 1. The molecule has 0 aromatic heterocycles. The van der Waals surface area contributed by atoms with Crippen LogP contribution in [0.3, 0.4) is 0 Å². The lowest BCUT2D eigenvalue weighted by atomic mass is 9.93. The zero-order valence-electron chi connectivity index (χ0n) is 13.2. The number of hydrogen-bond donors (Lipinski definition) is 7. The molecule has 10 nitrogen and oxygen atoms in total. The number of methoxy groups -OCH3 is 1. The average molecular weight is 366 g/mol. The second kappa shape index (κ2) is 5.69. The molecule has 0 fully saturated rings. The minimum absolute atomic E-state index is 0.203. The van der Waals surface area contributed by atoms with Gasteiger partial charge in [0.05, 0.1) is 13.5 Å². The van der Waals surface area contributed by atoms with Gasteiger partial charge in [0, 0.05) is 5.56 Å². The van der Waals surface area contributed by atoms with Crippen molar-refractivity contribution in [1.82, 2.24) is 0 Å². The summed E-state index contributed by atoms with van der Waals surface area (Å²) >= 11 is 0. The first-order valence-electron chi connectivity index (χ1n) is 7.20. The smallest absolute Gasteiger partial charge is 0.208 e. The van der Waals surface area contributed by atoms with Gasteiger partial charge in [0.25, 0.3) is 0 Å². The highest BCUT2D eigenvalue weighted by Gasteiger charge is 2.38. The predicted molar refractivity (Wildman–Crippen MR) is 83.4 cm³/mol. The van der Waals surface area contributed by atoms with E-state index in [0.29, 0.717) is 0 Å². The third kappa shape index (κ3) is 2.23. The van der Waals surface area contributed by atoms with Crippen LogP contribution in [0.4, 0.5) is 0 Å². The molecule has 0 saturated heterocycles. The quantitative estimate of drug-likeness (QED) is 0.303. The van der Waals surface area contributed by atoms with Crippen LogP contribution in [0.15, 0.2) is 6.07 Å². The Morgan fingerprint density at radius 2 is 1.54 bits per heavy atom. The molecule has 10 heteroatoms. The van der Waals surface area contributed by atoms with Crippen LogP contribution in [0, 0.1) is 0 Å². The third-order valence-corrected chi connectivity index (χ3v) is 4.05. The molecule has 0 aliphatic carbocycles. The second-order valence-electron chi connectivity index (χ2n) is 5.55. The third-order valence-electron chi connectivity index (χ3n) is 4.05. The lowest BCUT2D eigenvalue weighted by molar-refractivity contribution is 0.0830. The summed E-state index contributed by atoms with van der Waals surface area (Å²) in [6.45, 7) is 0. The first kappa shape index (κ1) is 17.1. The highest BCUT2D eigenvalue weighted by molar-refractivity contribution is 6.05. The molecule has 2 aromatic rings. The van der Waals surface area contributed by atoms with E-state index in [1.165, 1.54) is 0 Å². The number of hydrogen-bond acceptors (Lipinski definition) is 10. The second-order valence-corrected chi connectivity index (χ2v) is 5.55. The number of rotatable bonds is 2. The zero-order chi connectivity index (χ0) is 19.3. The molecular formula is C16H14O10. The van der Waals surface area contributed by atoms with Crippen molar-refractivity contribution < 1.29 is 50.0 Å². The molecule has 3 rings (SSSR count). The van der Waals surface area contributed by atoms with Crippen LogP contribution in [0.2, 0.25) is 0 Å². The monoisotopic (exact) mass is 366 g/mol. The Labute approximate surface area is 145 Å². The molecule has 2 aromatic carbocycles. The molecule has 1 aliphatic heterocycles. The average Bonchev–Trinajstić information content (AvgIpc) is 2.61. The van der Waals surface area contributed by atoms with Crippen LogP contribution in [0.1, 0.15) is 28.4 Å². The van der Waals surface area contributed by atoms with E-state index in [1.54, 1.807) is 0 Å². The maximum Gasteiger partial charge on any atom is 0.208 e. The first-order valence-corrected chi connectivity index (χ1v) is 7.20. The van der Waals surface area contributed by atoms with Gasteiger partial charge in [0.1, 0.15) is 11.7 Å². The predicted octanol–water partition coefficient (Wildman–Crippen LogP) is 1.34. The van der Waals surface area contributed by atoms with Crippen molar-refractivity contribution in [3.63, 3.8) is 0 Å². The number of benzene rings is 2. The Morgan fingerprint density at radius 1 is 0.923 bits per heavy atom. The van der Waals surface area contributed by atoms with Gasteiger partial charge in [-0.15, -0.1) is 0 Å². The van der Waals surface area contributed by atoms with Crippen LogP contribution < -0.4 is 9.47 Å². The van der Waals surface area contributed by atoms with Crippen molar-refractivity contribution in [2.24, 2.45) is 0 Å². The van der Waals surface area contributed by atoms with E-state index in [4.69, 9.17) is 9.47 Å². The largest absolute Gasteiger partial charge is 0.504 e. The summed E-state index contributed by atoms with van der Waals surface area (Å²) in [6, 6.07) is 0.994. The van der Waals surface area contributed by atoms with Gasteiger partial charge in [-0.05, 0) is 6.07 Å². The van der Waals surface area contributed by atoms with Crippen molar-refractivity contribution in [2.45, 2.75) is 12.5 Å². The van der Waals surface area contributed by atoms with Crippen molar-refractivity contribution >= 4 is 5.78 Å². The van der Waals surface area contributed by atoms with Gasteiger partial charge >= 0.3 is 0 Å². The lowest BCUT2D eigenvalue weighted by Gasteiger charge is -2.28. The minimum atomic E-state index is -1.29. The Bertz CT molecular complexity index is 934. The number of aromatic hydroxyl groups is 7. The number of Topliss-reactive ketones (excluding diaryl/α,β-unsaturated/α-hetero) is 1. The highest BCUT2D eigenvalue weighted by atomic mass is 16.5. The molecule has 138 valence electrons. The SMILES string of the molecule is COc1c(O)cc([C@@H]2CC(=O)c3c(O)c(O)c(O)c(O)c3O2)c(O)c1O. The van der Waals surface area contributed by atoms with E-state index in [2.05, 4.69) is 0 Å². The van der Waals surface area contributed by atoms with Crippen LogP contribution in [0.5, 0.6) is 51.7 Å². The zero-order valence-corrected chi connectivity index (χ0v) is 13.2. The fourth-order valence-electron chi connectivity index (χ4n) is 2.77. The van der Waals surface area contributed by atoms with E-state index in [0.717, 1.165) is 13.2 Å². The van der Waals surface area contributed by atoms with Gasteiger partial charge in [0.2, 0.25) is 28.7 Å². The fraction of sp³-hybridized carbons (Fsp3) is 0.188. The van der Waals surface area contributed by atoms with Crippen LogP contribution >= 0.6 is 0 Å². The molecule has 0 amide bonds. The molecule has 0 spiro atoms. The molecule has 0 saturated carbocycles. The van der Waals surface area contributed by atoms with Gasteiger partial charge in [-0.25, -0.2) is 0 Å². The lowest BCUT2D eigenvalue weighted by Crippen LogP contribution is -2.21. The Hall–Kier alpha value is -3.69. The van der Waals surface area contributed by atoms with Crippen molar-refractivity contribution in [3.8, 4) is 51.7 Å². The highest BCUT2D eigenvalue weighted by Crippen LogP contribution is 2.56. The first-order chi connectivity index (χ1) is 12.2. The normalized spacial score (nSPS) is 16.0. The summed E-state index contributed by atoms with van der Waals surface area (Å²) < 4.78 is 10.1. The van der Waals surface area contributed by atoms with E-state index < -0.39 is 75.6 Å². The van der Waals surface area contributed by atoms with E-state index in [9.17, 15) is 40.5 Å². The summed E-state index contributed by atoms with van der Waals surface area (Å²) in [5.74, 6) is -7.99. The molecule has 7 N–H and O–H groups in total. The molecular weight excluding hydrogens is 352 g/mol. The standard InChI is InChI=1S/C16H14O10/c1-25-15-6(18)2-4(9(19)13(15)23)7-3-5(17)8-10(20)11(21)12(22)14(24)16(8)26-7/h2,7,18-24H,3H2,1H3/t7-/m0/s1.